The number of imidazole rings is 1. The Bertz CT molecular complexity index is 1960. The first-order chi connectivity index (χ1) is 20.2. The molecule has 3 heterocycles. The summed E-state index contributed by atoms with van der Waals surface area (Å²) in [5.74, 6) is -0.529. The van der Waals surface area contributed by atoms with Crippen LogP contribution in [-0.2, 0) is 16.0 Å². The Morgan fingerprint density at radius 3 is 2.30 bits per heavy atom. The van der Waals surface area contributed by atoms with E-state index in [0.29, 0.717) is 22.3 Å². The van der Waals surface area contributed by atoms with Crippen LogP contribution >= 0.6 is 0 Å². The average molecular weight is 615 g/mol. The molecule has 0 spiro atoms. The smallest absolute Gasteiger partial charge is 0.434 e. The molecule has 5 rings (SSSR count). The van der Waals surface area contributed by atoms with E-state index in [1.54, 1.807) is 51.1 Å². The summed E-state index contributed by atoms with van der Waals surface area (Å²) >= 11 is 0. The van der Waals surface area contributed by atoms with Gasteiger partial charge >= 0.3 is 6.18 Å². The number of benzene rings is 2. The van der Waals surface area contributed by atoms with Crippen LogP contribution in [0, 0.1) is 26.6 Å². The average Bonchev–Trinajstić information content (AvgIpc) is 3.52. The molecule has 0 atom stereocenters. The minimum Gasteiger partial charge on any atom is -0.476 e. The SMILES string of the molecule is CCOc1ncc(-c2oc(C)nc2-c2cc(-c3ccc(C)c(S(C)(=O)=O)c3)ccc2-n2cc(C(F)(F)F)nc2C)cc1F. The van der Waals surface area contributed by atoms with E-state index >= 15 is 0 Å². The van der Waals surface area contributed by atoms with Crippen molar-refractivity contribution in [2.24, 2.45) is 0 Å². The standard InChI is InChI=1S/C30H26F4N4O4S/c1-6-41-29-23(31)12-21(14-35-29)28-27(37-18(4)42-28)22-11-19(20-8-7-16(2)25(13-20)43(5,39)40)9-10-24(22)38-15-26(30(32,33)34)36-17(38)3/h7-15H,6H2,1-5H3. The Morgan fingerprint density at radius 1 is 0.977 bits per heavy atom. The van der Waals surface area contributed by atoms with Crippen LogP contribution in [0.1, 0.15) is 29.9 Å². The molecule has 43 heavy (non-hydrogen) atoms. The first kappa shape index (κ1) is 30.0. The molecule has 8 nitrogen and oxygen atoms in total. The normalized spacial score (nSPS) is 12.1. The van der Waals surface area contributed by atoms with Crippen molar-refractivity contribution in [1.82, 2.24) is 19.5 Å². The molecule has 0 bridgehead atoms. The number of rotatable bonds is 7. The summed E-state index contributed by atoms with van der Waals surface area (Å²) in [5, 5.41) is 0. The Kier molecular flexibility index (Phi) is 7.63. The van der Waals surface area contributed by atoms with Crippen molar-refractivity contribution >= 4 is 9.84 Å². The maximum absolute atomic E-state index is 14.8. The molecule has 0 N–H and O–H groups in total. The summed E-state index contributed by atoms with van der Waals surface area (Å²) in [6, 6.07) is 11.0. The Balaban J connectivity index is 1.77. The highest BCUT2D eigenvalue weighted by Crippen LogP contribution is 2.40. The first-order valence-electron chi connectivity index (χ1n) is 13.0. The molecule has 0 aliphatic carbocycles. The molecule has 2 aromatic carbocycles. The molecule has 0 fully saturated rings. The van der Waals surface area contributed by atoms with E-state index in [1.165, 1.54) is 29.8 Å². The molecule has 3 aromatic heterocycles. The van der Waals surface area contributed by atoms with E-state index in [9.17, 15) is 26.0 Å². The molecule has 5 aromatic rings. The Morgan fingerprint density at radius 2 is 1.67 bits per heavy atom. The summed E-state index contributed by atoms with van der Waals surface area (Å²) in [6.07, 6.45) is -1.33. The molecule has 224 valence electrons. The molecular formula is C30H26F4N4O4S. The molecule has 13 heteroatoms. The molecule has 0 aliphatic heterocycles. The number of aromatic nitrogens is 4. The van der Waals surface area contributed by atoms with Crippen molar-refractivity contribution in [3.05, 3.63) is 83.6 Å². The van der Waals surface area contributed by atoms with Gasteiger partial charge in [0.15, 0.2) is 33.0 Å². The number of nitrogens with zero attached hydrogens (tertiary/aromatic N) is 4. The Labute approximate surface area is 244 Å². The largest absolute Gasteiger partial charge is 0.476 e. The van der Waals surface area contributed by atoms with E-state index in [-0.39, 0.29) is 51.8 Å². The maximum Gasteiger partial charge on any atom is 0.434 e. The number of oxazole rings is 1. The zero-order valence-electron chi connectivity index (χ0n) is 23.7. The Hall–Kier alpha value is -4.52. The third-order valence-corrected chi connectivity index (χ3v) is 7.93. The van der Waals surface area contributed by atoms with Gasteiger partial charge in [0, 0.05) is 36.7 Å². The predicted molar refractivity (Wildman–Crippen MR) is 151 cm³/mol. The van der Waals surface area contributed by atoms with E-state index in [4.69, 9.17) is 9.15 Å². The molecule has 0 saturated carbocycles. The van der Waals surface area contributed by atoms with Crippen molar-refractivity contribution in [1.29, 1.82) is 0 Å². The fourth-order valence-corrected chi connectivity index (χ4v) is 5.74. The van der Waals surface area contributed by atoms with Crippen molar-refractivity contribution in [3.8, 4) is 45.3 Å². The number of hydrogen-bond acceptors (Lipinski definition) is 7. The number of alkyl halides is 3. The highest BCUT2D eigenvalue weighted by Gasteiger charge is 2.35. The minimum atomic E-state index is -4.68. The van der Waals surface area contributed by atoms with Gasteiger partial charge in [0.25, 0.3) is 0 Å². The molecule has 0 saturated heterocycles. The van der Waals surface area contributed by atoms with Gasteiger partial charge in [-0.05, 0) is 61.7 Å². The molecule has 0 amide bonds. The van der Waals surface area contributed by atoms with Gasteiger partial charge < -0.3 is 13.7 Å². The topological polar surface area (TPSA) is 100 Å². The van der Waals surface area contributed by atoms with Crippen LogP contribution in [0.3, 0.4) is 0 Å². The summed E-state index contributed by atoms with van der Waals surface area (Å²) in [4.78, 5) is 12.4. The van der Waals surface area contributed by atoms with Crippen molar-refractivity contribution in [2.45, 2.75) is 38.8 Å². The van der Waals surface area contributed by atoms with Gasteiger partial charge in [-0.25, -0.2) is 27.8 Å². The van der Waals surface area contributed by atoms with Crippen LogP contribution in [0.4, 0.5) is 17.6 Å². The number of ether oxygens (including phenoxy) is 1. The zero-order valence-corrected chi connectivity index (χ0v) is 24.6. The van der Waals surface area contributed by atoms with Gasteiger partial charge in [-0.15, -0.1) is 0 Å². The minimum absolute atomic E-state index is 0.0616. The van der Waals surface area contributed by atoms with Crippen LogP contribution in [-0.4, -0.2) is 40.8 Å². The second kappa shape index (κ2) is 11.0. The molecule has 0 aliphatic rings. The highest BCUT2D eigenvalue weighted by molar-refractivity contribution is 7.90. The first-order valence-corrected chi connectivity index (χ1v) is 14.9. The molecular weight excluding hydrogens is 588 g/mol. The second-order valence-corrected chi connectivity index (χ2v) is 11.9. The predicted octanol–water partition coefficient (Wildman–Crippen LogP) is 7.14. The molecule has 0 radical (unpaired) electrons. The van der Waals surface area contributed by atoms with Gasteiger partial charge in [-0.2, -0.15) is 13.2 Å². The van der Waals surface area contributed by atoms with Gasteiger partial charge in [-0.3, -0.25) is 0 Å². The van der Waals surface area contributed by atoms with Gasteiger partial charge in [0.05, 0.1) is 17.2 Å². The van der Waals surface area contributed by atoms with Crippen LogP contribution in [0.5, 0.6) is 5.88 Å². The number of halogens is 4. The lowest BCUT2D eigenvalue weighted by Gasteiger charge is -2.15. The number of hydrogen-bond donors (Lipinski definition) is 0. The summed E-state index contributed by atoms with van der Waals surface area (Å²) in [7, 11) is -3.54. The maximum atomic E-state index is 14.8. The van der Waals surface area contributed by atoms with Gasteiger partial charge in [0.2, 0.25) is 5.88 Å². The lowest BCUT2D eigenvalue weighted by atomic mass is 9.97. The van der Waals surface area contributed by atoms with Crippen molar-refractivity contribution in [3.63, 3.8) is 0 Å². The number of pyridine rings is 1. The van der Waals surface area contributed by atoms with Crippen LogP contribution < -0.4 is 4.74 Å². The van der Waals surface area contributed by atoms with E-state index in [0.717, 1.165) is 12.5 Å². The summed E-state index contributed by atoms with van der Waals surface area (Å²) in [6.45, 7) is 6.60. The zero-order chi connectivity index (χ0) is 31.3. The highest BCUT2D eigenvalue weighted by atomic mass is 32.2. The van der Waals surface area contributed by atoms with Crippen molar-refractivity contribution in [2.75, 3.05) is 12.9 Å². The van der Waals surface area contributed by atoms with E-state index < -0.39 is 27.5 Å². The van der Waals surface area contributed by atoms with Gasteiger partial charge in [0.1, 0.15) is 11.5 Å². The third kappa shape index (κ3) is 5.89. The van der Waals surface area contributed by atoms with Crippen molar-refractivity contribution < 1.29 is 35.1 Å². The quantitative estimate of drug-likeness (QED) is 0.180. The lowest BCUT2D eigenvalue weighted by Crippen LogP contribution is -2.05. The van der Waals surface area contributed by atoms with E-state index in [1.807, 2.05) is 0 Å². The third-order valence-electron chi connectivity index (χ3n) is 6.69. The van der Waals surface area contributed by atoms with E-state index in [2.05, 4.69) is 15.0 Å². The lowest BCUT2D eigenvalue weighted by molar-refractivity contribution is -0.141. The summed E-state index contributed by atoms with van der Waals surface area (Å²) in [5.41, 5.74) is 1.63. The summed E-state index contributed by atoms with van der Waals surface area (Å²) < 4.78 is 92.7. The monoisotopic (exact) mass is 614 g/mol. The second-order valence-electron chi connectivity index (χ2n) is 9.88. The fraction of sp³-hybridized carbons (Fsp3) is 0.233. The number of sulfone groups is 1. The number of aryl methyl sites for hydroxylation is 3. The van der Waals surface area contributed by atoms with Gasteiger partial charge in [-0.1, -0.05) is 18.2 Å². The van der Waals surface area contributed by atoms with Crippen LogP contribution in [0.15, 0.2) is 64.2 Å². The van der Waals surface area contributed by atoms with Crippen LogP contribution in [0.25, 0.3) is 39.4 Å². The van der Waals surface area contributed by atoms with Crippen LogP contribution in [0.2, 0.25) is 0 Å². The molecule has 0 unspecified atom stereocenters. The fourth-order valence-electron chi connectivity index (χ4n) is 4.75.